The summed E-state index contributed by atoms with van der Waals surface area (Å²) >= 11 is 1.48. The van der Waals surface area contributed by atoms with Crippen LogP contribution in [0, 0.1) is 13.8 Å². The third-order valence-corrected chi connectivity index (χ3v) is 4.67. The summed E-state index contributed by atoms with van der Waals surface area (Å²) in [7, 11) is 0. The van der Waals surface area contributed by atoms with Gasteiger partial charge in [-0.1, -0.05) is 0 Å². The van der Waals surface area contributed by atoms with Gasteiger partial charge in [0.15, 0.2) is 0 Å². The number of benzene rings is 1. The zero-order chi connectivity index (χ0) is 15.4. The maximum Gasteiger partial charge on any atom is 0.266 e. The quantitative estimate of drug-likeness (QED) is 0.884. The molecular formula is C17H22N2OS. The fourth-order valence-electron chi connectivity index (χ4n) is 2.36. The summed E-state index contributed by atoms with van der Waals surface area (Å²) in [5.74, 6) is -0.0267. The second kappa shape index (κ2) is 6.76. The van der Waals surface area contributed by atoms with Crippen molar-refractivity contribution >= 4 is 28.6 Å². The van der Waals surface area contributed by atoms with E-state index in [9.17, 15) is 4.79 Å². The van der Waals surface area contributed by atoms with Gasteiger partial charge in [-0.25, -0.2) is 0 Å². The lowest BCUT2D eigenvalue weighted by Crippen LogP contribution is -2.22. The molecule has 0 spiro atoms. The Bertz CT molecular complexity index is 629. The van der Waals surface area contributed by atoms with Gasteiger partial charge in [0, 0.05) is 24.5 Å². The number of nitrogens with zero attached hydrogens (tertiary/aromatic N) is 1. The van der Waals surface area contributed by atoms with Crippen LogP contribution in [0.4, 0.5) is 11.4 Å². The molecule has 1 heterocycles. The normalized spacial score (nSPS) is 10.5. The summed E-state index contributed by atoms with van der Waals surface area (Å²) in [6.07, 6.45) is 0. The lowest BCUT2D eigenvalue weighted by Gasteiger charge is -2.22. The van der Waals surface area contributed by atoms with Crippen LogP contribution in [0.25, 0.3) is 0 Å². The van der Waals surface area contributed by atoms with Gasteiger partial charge < -0.3 is 10.2 Å². The van der Waals surface area contributed by atoms with E-state index >= 15 is 0 Å². The van der Waals surface area contributed by atoms with E-state index in [1.807, 2.05) is 31.4 Å². The summed E-state index contributed by atoms with van der Waals surface area (Å²) in [4.78, 5) is 15.3. The third-order valence-electron chi connectivity index (χ3n) is 3.66. The molecule has 1 N–H and O–H groups in total. The average Bonchev–Trinajstić information content (AvgIpc) is 2.89. The molecule has 3 nitrogen and oxygen atoms in total. The highest BCUT2D eigenvalue weighted by atomic mass is 32.1. The number of anilines is 2. The molecule has 2 aromatic rings. The average molecular weight is 302 g/mol. The van der Waals surface area contributed by atoms with Crippen LogP contribution >= 0.6 is 11.3 Å². The van der Waals surface area contributed by atoms with Crippen molar-refractivity contribution in [2.24, 2.45) is 0 Å². The van der Waals surface area contributed by atoms with E-state index < -0.39 is 0 Å². The molecule has 0 radical (unpaired) electrons. The first kappa shape index (κ1) is 15.6. The molecule has 4 heteroatoms. The summed E-state index contributed by atoms with van der Waals surface area (Å²) in [6.45, 7) is 10.2. The molecule has 112 valence electrons. The van der Waals surface area contributed by atoms with E-state index in [0.717, 1.165) is 34.8 Å². The third kappa shape index (κ3) is 3.45. The number of nitrogens with one attached hydrogen (secondary N) is 1. The molecule has 21 heavy (non-hydrogen) atoms. The molecule has 1 aromatic heterocycles. The van der Waals surface area contributed by atoms with E-state index in [2.05, 4.69) is 36.2 Å². The Labute approximate surface area is 130 Å². The van der Waals surface area contributed by atoms with Gasteiger partial charge in [0.25, 0.3) is 5.91 Å². The van der Waals surface area contributed by atoms with Crippen molar-refractivity contribution in [3.05, 3.63) is 45.6 Å². The summed E-state index contributed by atoms with van der Waals surface area (Å²) in [5, 5.41) is 4.95. The van der Waals surface area contributed by atoms with Gasteiger partial charge in [0.2, 0.25) is 0 Å². The smallest absolute Gasteiger partial charge is 0.266 e. The van der Waals surface area contributed by atoms with Gasteiger partial charge in [0.05, 0.1) is 4.88 Å². The van der Waals surface area contributed by atoms with Crippen molar-refractivity contribution in [1.29, 1.82) is 0 Å². The highest BCUT2D eigenvalue weighted by Crippen LogP contribution is 2.24. The van der Waals surface area contributed by atoms with E-state index in [1.165, 1.54) is 17.0 Å². The van der Waals surface area contributed by atoms with Crippen LogP contribution in [0.15, 0.2) is 29.6 Å². The molecule has 1 amide bonds. The zero-order valence-corrected chi connectivity index (χ0v) is 13.9. The van der Waals surface area contributed by atoms with E-state index in [4.69, 9.17) is 0 Å². The van der Waals surface area contributed by atoms with Gasteiger partial charge in [-0.15, -0.1) is 11.3 Å². The molecule has 0 unspecified atom stereocenters. The first-order chi connectivity index (χ1) is 10.1. The molecule has 0 saturated heterocycles. The van der Waals surface area contributed by atoms with Crippen molar-refractivity contribution in [3.63, 3.8) is 0 Å². The first-order valence-corrected chi connectivity index (χ1v) is 8.15. The number of carbonyl (C=O) groups is 1. The predicted octanol–water partition coefficient (Wildman–Crippen LogP) is 4.46. The van der Waals surface area contributed by atoms with Crippen molar-refractivity contribution in [3.8, 4) is 0 Å². The van der Waals surface area contributed by atoms with Crippen LogP contribution in [-0.2, 0) is 0 Å². The largest absolute Gasteiger partial charge is 0.372 e. The molecule has 0 bridgehead atoms. The van der Waals surface area contributed by atoms with Crippen LogP contribution < -0.4 is 10.2 Å². The predicted molar refractivity (Wildman–Crippen MR) is 91.7 cm³/mol. The molecule has 0 atom stereocenters. The Morgan fingerprint density at radius 2 is 1.86 bits per heavy atom. The lowest BCUT2D eigenvalue weighted by molar-refractivity contribution is 0.103. The number of amides is 1. The van der Waals surface area contributed by atoms with Gasteiger partial charge in [-0.2, -0.15) is 0 Å². The molecule has 1 aromatic carbocycles. The Hall–Kier alpha value is -1.81. The monoisotopic (exact) mass is 302 g/mol. The number of aryl methyl sites for hydroxylation is 2. The molecule has 0 saturated carbocycles. The second-order valence-corrected chi connectivity index (χ2v) is 5.97. The topological polar surface area (TPSA) is 32.3 Å². The van der Waals surface area contributed by atoms with Crippen molar-refractivity contribution in [2.75, 3.05) is 23.3 Å². The molecule has 0 aliphatic carbocycles. The Balaban J connectivity index is 2.18. The standard InChI is InChI=1S/C17H22N2OS/c1-5-19(6-2)14-7-8-15(13(4)11-14)18-17(20)16-12(3)9-10-21-16/h7-11H,5-6H2,1-4H3,(H,18,20). The molecular weight excluding hydrogens is 280 g/mol. The summed E-state index contributed by atoms with van der Waals surface area (Å²) in [6, 6.07) is 8.15. The molecule has 0 fully saturated rings. The van der Waals surface area contributed by atoms with Crippen LogP contribution in [0.3, 0.4) is 0 Å². The van der Waals surface area contributed by atoms with Crippen LogP contribution in [-0.4, -0.2) is 19.0 Å². The number of hydrogen-bond donors (Lipinski definition) is 1. The Morgan fingerprint density at radius 3 is 2.38 bits per heavy atom. The second-order valence-electron chi connectivity index (χ2n) is 5.06. The first-order valence-electron chi connectivity index (χ1n) is 7.27. The summed E-state index contributed by atoms with van der Waals surface area (Å²) < 4.78 is 0. The lowest BCUT2D eigenvalue weighted by atomic mass is 10.1. The summed E-state index contributed by atoms with van der Waals surface area (Å²) in [5.41, 5.74) is 4.18. The highest BCUT2D eigenvalue weighted by molar-refractivity contribution is 7.12. The minimum atomic E-state index is -0.0267. The zero-order valence-electron chi connectivity index (χ0n) is 13.1. The fourth-order valence-corrected chi connectivity index (χ4v) is 3.18. The van der Waals surface area contributed by atoms with Gasteiger partial charge in [-0.3, -0.25) is 4.79 Å². The van der Waals surface area contributed by atoms with Gasteiger partial charge in [0.1, 0.15) is 0 Å². The van der Waals surface area contributed by atoms with Crippen LogP contribution in [0.2, 0.25) is 0 Å². The van der Waals surface area contributed by atoms with E-state index in [-0.39, 0.29) is 5.91 Å². The van der Waals surface area contributed by atoms with Crippen molar-refractivity contribution in [1.82, 2.24) is 0 Å². The fraction of sp³-hybridized carbons (Fsp3) is 0.353. The van der Waals surface area contributed by atoms with Gasteiger partial charge >= 0.3 is 0 Å². The molecule has 0 aliphatic heterocycles. The van der Waals surface area contributed by atoms with E-state index in [0.29, 0.717) is 0 Å². The van der Waals surface area contributed by atoms with Crippen LogP contribution in [0.1, 0.15) is 34.6 Å². The number of rotatable bonds is 5. The van der Waals surface area contributed by atoms with Crippen LogP contribution in [0.5, 0.6) is 0 Å². The van der Waals surface area contributed by atoms with Crippen molar-refractivity contribution < 1.29 is 4.79 Å². The Morgan fingerprint density at radius 1 is 1.14 bits per heavy atom. The van der Waals surface area contributed by atoms with Gasteiger partial charge in [-0.05, 0) is 68.5 Å². The van der Waals surface area contributed by atoms with E-state index in [1.54, 1.807) is 0 Å². The minimum absolute atomic E-state index is 0.0267. The number of hydrogen-bond acceptors (Lipinski definition) is 3. The Kier molecular flexibility index (Phi) is 5.02. The molecule has 2 rings (SSSR count). The number of thiophene rings is 1. The molecule has 0 aliphatic rings. The maximum atomic E-state index is 12.3. The number of carbonyl (C=O) groups excluding carboxylic acids is 1. The SMILES string of the molecule is CCN(CC)c1ccc(NC(=O)c2sccc2C)c(C)c1. The minimum Gasteiger partial charge on any atom is -0.372 e. The van der Waals surface area contributed by atoms with Crippen molar-refractivity contribution in [2.45, 2.75) is 27.7 Å². The highest BCUT2D eigenvalue weighted by Gasteiger charge is 2.12. The maximum absolute atomic E-state index is 12.3.